The molecule has 0 spiro atoms. The molecular formula is C24H28N2O7. The van der Waals surface area contributed by atoms with Gasteiger partial charge in [-0.15, -0.1) is 0 Å². The molecule has 2 saturated carbocycles. The third-order valence-corrected chi connectivity index (χ3v) is 8.12. The molecule has 1 aromatic carbocycles. The van der Waals surface area contributed by atoms with Crippen molar-refractivity contribution in [3.63, 3.8) is 0 Å². The molecule has 0 bridgehead atoms. The molecule has 0 saturated heterocycles. The van der Waals surface area contributed by atoms with Gasteiger partial charge in [0.1, 0.15) is 5.75 Å². The first-order valence-corrected chi connectivity index (χ1v) is 11.2. The van der Waals surface area contributed by atoms with Crippen molar-refractivity contribution in [3.8, 4) is 5.75 Å². The van der Waals surface area contributed by atoms with Gasteiger partial charge in [0, 0.05) is 17.3 Å². The molecule has 1 aromatic rings. The van der Waals surface area contributed by atoms with Crippen LogP contribution < -0.4 is 11.5 Å². The highest BCUT2D eigenvalue weighted by Crippen LogP contribution is 2.57. The van der Waals surface area contributed by atoms with Crippen LogP contribution in [-0.4, -0.2) is 51.4 Å². The average Bonchev–Trinajstić information content (AvgIpc) is 2.76. The van der Waals surface area contributed by atoms with Gasteiger partial charge in [0.2, 0.25) is 5.91 Å². The lowest BCUT2D eigenvalue weighted by molar-refractivity contribution is -0.185. The lowest BCUT2D eigenvalue weighted by atomic mass is 9.45. The van der Waals surface area contributed by atoms with Crippen LogP contribution in [0, 0.1) is 29.1 Å². The molecule has 3 aliphatic rings. The fourth-order valence-electron chi connectivity index (χ4n) is 6.47. The first-order chi connectivity index (χ1) is 15.5. The molecular weight excluding hydrogens is 428 g/mol. The normalized spacial score (nSPS) is 35.6. The van der Waals surface area contributed by atoms with Gasteiger partial charge in [-0.3, -0.25) is 24.0 Å². The lowest BCUT2D eigenvalue weighted by Gasteiger charge is -2.56. The van der Waals surface area contributed by atoms with Gasteiger partial charge in [-0.2, -0.15) is 0 Å². The Balaban J connectivity index is 1.95. The second-order valence-electron chi connectivity index (χ2n) is 9.55. The molecule has 3 aliphatic carbocycles. The molecule has 176 valence electrons. The number of rotatable bonds is 4. The van der Waals surface area contributed by atoms with Crippen LogP contribution in [0.1, 0.15) is 48.2 Å². The van der Waals surface area contributed by atoms with Crippen molar-refractivity contribution < 1.29 is 34.2 Å². The summed E-state index contributed by atoms with van der Waals surface area (Å²) in [6.45, 7) is 3.47. The zero-order valence-corrected chi connectivity index (χ0v) is 18.6. The zero-order valence-electron chi connectivity index (χ0n) is 18.6. The molecule has 9 nitrogen and oxygen atoms in total. The van der Waals surface area contributed by atoms with Crippen molar-refractivity contribution in [2.24, 2.45) is 40.6 Å². The zero-order chi connectivity index (χ0) is 24.5. The summed E-state index contributed by atoms with van der Waals surface area (Å²) in [4.78, 5) is 65.6. The van der Waals surface area contributed by atoms with E-state index >= 15 is 0 Å². The SMILES string of the molecule is CCc1ccc(O)c2c1CC1(CN)CC3C(CC)C(=O)C(C(N)=O)C(=O)C3(O)C(=O)C1C2=O. The van der Waals surface area contributed by atoms with E-state index in [1.54, 1.807) is 13.0 Å². The average molecular weight is 456 g/mol. The van der Waals surface area contributed by atoms with E-state index in [0.29, 0.717) is 12.0 Å². The van der Waals surface area contributed by atoms with Crippen LogP contribution >= 0.6 is 0 Å². The number of hydrogen-bond acceptors (Lipinski definition) is 8. The van der Waals surface area contributed by atoms with Gasteiger partial charge in [-0.05, 0) is 49.4 Å². The molecule has 6 unspecified atom stereocenters. The molecule has 33 heavy (non-hydrogen) atoms. The summed E-state index contributed by atoms with van der Waals surface area (Å²) in [7, 11) is 0. The molecule has 6 N–H and O–H groups in total. The summed E-state index contributed by atoms with van der Waals surface area (Å²) >= 11 is 0. The molecule has 0 radical (unpaired) electrons. The highest BCUT2D eigenvalue weighted by atomic mass is 16.3. The highest BCUT2D eigenvalue weighted by Gasteiger charge is 2.71. The number of phenolic OH excluding ortho intramolecular Hbond substituents is 1. The number of benzene rings is 1. The van der Waals surface area contributed by atoms with Gasteiger partial charge >= 0.3 is 0 Å². The summed E-state index contributed by atoms with van der Waals surface area (Å²) in [6.07, 6.45) is 0.912. The Bertz CT molecular complexity index is 1110. The van der Waals surface area contributed by atoms with Gasteiger partial charge in [0.15, 0.2) is 34.7 Å². The second kappa shape index (κ2) is 7.56. The van der Waals surface area contributed by atoms with Gasteiger partial charge in [-0.1, -0.05) is 19.9 Å². The van der Waals surface area contributed by atoms with E-state index in [1.807, 2.05) is 6.92 Å². The number of primary amides is 1. The van der Waals surface area contributed by atoms with Crippen LogP contribution in [0.2, 0.25) is 0 Å². The van der Waals surface area contributed by atoms with Gasteiger partial charge in [-0.25, -0.2) is 0 Å². The van der Waals surface area contributed by atoms with Crippen LogP contribution in [0.25, 0.3) is 0 Å². The summed E-state index contributed by atoms with van der Waals surface area (Å²) < 4.78 is 0. The number of hydrogen-bond donors (Lipinski definition) is 4. The number of amides is 1. The van der Waals surface area contributed by atoms with Gasteiger partial charge in [0.25, 0.3) is 0 Å². The minimum Gasteiger partial charge on any atom is -0.507 e. The summed E-state index contributed by atoms with van der Waals surface area (Å²) in [5.74, 6) is -10.8. The monoisotopic (exact) mass is 456 g/mol. The Hall–Kier alpha value is -2.91. The summed E-state index contributed by atoms with van der Waals surface area (Å²) in [6, 6.07) is 3.10. The number of carbonyl (C=O) groups excluding carboxylic acids is 5. The topological polar surface area (TPSA) is 178 Å². The third-order valence-electron chi connectivity index (χ3n) is 8.12. The fraction of sp³-hybridized carbons (Fsp3) is 0.542. The van der Waals surface area contributed by atoms with E-state index in [4.69, 9.17) is 11.5 Å². The number of aryl methyl sites for hydroxylation is 1. The van der Waals surface area contributed by atoms with E-state index in [0.717, 1.165) is 5.56 Å². The maximum absolute atomic E-state index is 13.8. The second-order valence-corrected chi connectivity index (χ2v) is 9.55. The number of fused-ring (bicyclic) bond motifs is 3. The van der Waals surface area contributed by atoms with Crippen LogP contribution in [-0.2, 0) is 32.0 Å². The molecule has 0 aliphatic heterocycles. The quantitative estimate of drug-likeness (QED) is 0.452. The molecule has 6 atom stereocenters. The van der Waals surface area contributed by atoms with Crippen LogP contribution in [0.4, 0.5) is 0 Å². The van der Waals surface area contributed by atoms with Crippen molar-refractivity contribution >= 4 is 29.0 Å². The number of aromatic hydroxyl groups is 1. The van der Waals surface area contributed by atoms with E-state index in [-0.39, 0.29) is 37.1 Å². The first-order valence-electron chi connectivity index (χ1n) is 11.2. The maximum atomic E-state index is 13.8. The van der Waals surface area contributed by atoms with Gasteiger partial charge < -0.3 is 21.7 Å². The Morgan fingerprint density at radius 3 is 2.36 bits per heavy atom. The third kappa shape index (κ3) is 2.81. The van der Waals surface area contributed by atoms with E-state index in [1.165, 1.54) is 6.07 Å². The van der Waals surface area contributed by atoms with E-state index in [2.05, 4.69) is 0 Å². The Labute approximate surface area is 190 Å². The van der Waals surface area contributed by atoms with Crippen molar-refractivity contribution in [1.29, 1.82) is 0 Å². The molecule has 9 heteroatoms. The predicted octanol–water partition coefficient (Wildman–Crippen LogP) is -0.146. The molecule has 4 rings (SSSR count). The Morgan fingerprint density at radius 1 is 1.15 bits per heavy atom. The van der Waals surface area contributed by atoms with Gasteiger partial charge in [0.05, 0.1) is 11.5 Å². The largest absolute Gasteiger partial charge is 0.507 e. The van der Waals surface area contributed by atoms with Crippen LogP contribution in [0.5, 0.6) is 5.75 Å². The molecule has 1 amide bonds. The van der Waals surface area contributed by atoms with Crippen molar-refractivity contribution in [2.45, 2.75) is 45.1 Å². The first kappa shape index (κ1) is 23.3. The summed E-state index contributed by atoms with van der Waals surface area (Å²) in [5.41, 5.74) is 9.04. The van der Waals surface area contributed by atoms with Crippen LogP contribution in [0.3, 0.4) is 0 Å². The smallest absolute Gasteiger partial charge is 0.235 e. The Kier molecular flexibility index (Phi) is 5.33. The summed E-state index contributed by atoms with van der Waals surface area (Å²) in [5, 5.41) is 22.0. The van der Waals surface area contributed by atoms with E-state index < -0.39 is 63.7 Å². The standard InChI is InChI=1S/C24H28N2O7/c1-3-10-5-6-14(27)15-12(10)7-23(9-25)8-13-11(4-2)18(28)16(22(26)32)20(30)24(13,33)21(31)17(23)19(15)29/h5-6,11,13,16-17,27,33H,3-4,7-9,25H2,1-2H3,(H2,26,32). The lowest BCUT2D eigenvalue weighted by Crippen LogP contribution is -2.73. The number of carbonyl (C=O) groups is 5. The predicted molar refractivity (Wildman–Crippen MR) is 115 cm³/mol. The minimum absolute atomic E-state index is 0.00310. The van der Waals surface area contributed by atoms with Crippen molar-refractivity contribution in [3.05, 3.63) is 28.8 Å². The van der Waals surface area contributed by atoms with E-state index in [9.17, 15) is 34.2 Å². The molecule has 0 aromatic heterocycles. The molecule has 2 fully saturated rings. The minimum atomic E-state index is -2.71. The van der Waals surface area contributed by atoms with Crippen LogP contribution in [0.15, 0.2) is 12.1 Å². The Morgan fingerprint density at radius 2 is 1.82 bits per heavy atom. The number of Topliss-reactive ketones (excluding diaryl/α,β-unsaturated/α-hetero) is 4. The fourth-order valence-corrected chi connectivity index (χ4v) is 6.47. The number of aliphatic hydroxyl groups is 1. The number of ketones is 4. The highest BCUT2D eigenvalue weighted by molar-refractivity contribution is 6.32. The number of phenols is 1. The van der Waals surface area contributed by atoms with Crippen molar-refractivity contribution in [1.82, 2.24) is 0 Å². The molecule has 0 heterocycles. The number of nitrogens with two attached hydrogens (primary N) is 2. The maximum Gasteiger partial charge on any atom is 0.235 e. The van der Waals surface area contributed by atoms with Crippen molar-refractivity contribution in [2.75, 3.05) is 6.54 Å².